The molecule has 0 radical (unpaired) electrons. The van der Waals surface area contributed by atoms with Crippen LogP contribution >= 0.6 is 0 Å². The van der Waals surface area contributed by atoms with Crippen molar-refractivity contribution in [2.24, 2.45) is 0 Å². The summed E-state index contributed by atoms with van der Waals surface area (Å²) in [6.45, 7) is 4.17. The highest BCUT2D eigenvalue weighted by molar-refractivity contribution is 6.08. The van der Waals surface area contributed by atoms with Crippen LogP contribution in [0.5, 0.6) is 11.5 Å². The van der Waals surface area contributed by atoms with Crippen LogP contribution in [0.1, 0.15) is 34.3 Å². The molecule has 0 aromatic heterocycles. The lowest BCUT2D eigenvalue weighted by atomic mass is 10.1. The van der Waals surface area contributed by atoms with Crippen LogP contribution in [0.15, 0.2) is 72.8 Å². The van der Waals surface area contributed by atoms with E-state index in [2.05, 4.69) is 17.0 Å². The first kappa shape index (κ1) is 21.3. The molecule has 0 unspecified atom stereocenters. The Morgan fingerprint density at radius 3 is 2.42 bits per heavy atom. The monoisotopic (exact) mass is 440 g/mol. The van der Waals surface area contributed by atoms with Crippen LogP contribution in [0.4, 0.5) is 5.69 Å². The zero-order valence-electron chi connectivity index (χ0n) is 18.7. The van der Waals surface area contributed by atoms with Crippen LogP contribution in [-0.2, 0) is 0 Å². The van der Waals surface area contributed by atoms with E-state index in [0.717, 1.165) is 29.1 Å². The van der Waals surface area contributed by atoms with Crippen molar-refractivity contribution in [1.82, 2.24) is 4.90 Å². The number of rotatable bonds is 7. The Labute approximate surface area is 194 Å². The SMILES string of the molecule is O=C1c2ccc(/C=C/c3ccccc3)cc2OCN1c1ccc(OCCN2CCCC2)cc1. The van der Waals surface area contributed by atoms with E-state index < -0.39 is 0 Å². The van der Waals surface area contributed by atoms with E-state index in [4.69, 9.17) is 9.47 Å². The minimum Gasteiger partial charge on any atom is -0.492 e. The van der Waals surface area contributed by atoms with E-state index in [1.165, 1.54) is 25.9 Å². The number of nitrogens with zero attached hydrogens (tertiary/aromatic N) is 2. The summed E-state index contributed by atoms with van der Waals surface area (Å²) in [7, 11) is 0. The molecular weight excluding hydrogens is 412 g/mol. The van der Waals surface area contributed by atoms with Gasteiger partial charge in [-0.3, -0.25) is 14.6 Å². The summed E-state index contributed by atoms with van der Waals surface area (Å²) in [5.74, 6) is 1.38. The van der Waals surface area contributed by atoms with Gasteiger partial charge in [0, 0.05) is 12.2 Å². The maximum absolute atomic E-state index is 13.1. The van der Waals surface area contributed by atoms with Gasteiger partial charge in [-0.15, -0.1) is 0 Å². The first-order valence-electron chi connectivity index (χ1n) is 11.5. The van der Waals surface area contributed by atoms with Crippen molar-refractivity contribution in [2.75, 3.05) is 37.9 Å². The van der Waals surface area contributed by atoms with E-state index in [-0.39, 0.29) is 12.6 Å². The minimum absolute atomic E-state index is 0.0578. The van der Waals surface area contributed by atoms with Crippen molar-refractivity contribution < 1.29 is 14.3 Å². The van der Waals surface area contributed by atoms with E-state index in [1.54, 1.807) is 4.90 Å². The molecule has 1 saturated heterocycles. The van der Waals surface area contributed by atoms with E-state index >= 15 is 0 Å². The fourth-order valence-corrected chi connectivity index (χ4v) is 4.25. The highest BCUT2D eigenvalue weighted by Gasteiger charge is 2.27. The second kappa shape index (κ2) is 9.92. The number of fused-ring (bicyclic) bond motifs is 1. The van der Waals surface area contributed by atoms with E-state index in [9.17, 15) is 4.79 Å². The molecule has 5 nitrogen and oxygen atoms in total. The van der Waals surface area contributed by atoms with Gasteiger partial charge in [0.2, 0.25) is 0 Å². The van der Waals surface area contributed by atoms with Crippen molar-refractivity contribution in [1.29, 1.82) is 0 Å². The van der Waals surface area contributed by atoms with Crippen LogP contribution in [0.25, 0.3) is 12.2 Å². The Balaban J connectivity index is 1.22. The summed E-state index contributed by atoms with van der Waals surface area (Å²) in [6, 6.07) is 23.5. The second-order valence-electron chi connectivity index (χ2n) is 8.40. The van der Waals surface area contributed by atoms with Crippen molar-refractivity contribution in [3.63, 3.8) is 0 Å². The standard InChI is InChI=1S/C28H28N2O3/c31-28-26-15-10-23(9-8-22-6-2-1-3-7-22)20-27(26)33-21-30(28)24-11-13-25(14-12-24)32-19-18-29-16-4-5-17-29/h1-3,6-15,20H,4-5,16-19,21H2/b9-8+. The zero-order valence-corrected chi connectivity index (χ0v) is 18.7. The number of carbonyl (C=O) groups is 1. The fourth-order valence-electron chi connectivity index (χ4n) is 4.25. The van der Waals surface area contributed by atoms with Gasteiger partial charge in [-0.25, -0.2) is 0 Å². The molecule has 0 saturated carbocycles. The molecule has 0 atom stereocenters. The van der Waals surface area contributed by atoms with E-state index in [1.807, 2.05) is 72.8 Å². The van der Waals surface area contributed by atoms with Gasteiger partial charge in [0.15, 0.2) is 6.73 Å². The van der Waals surface area contributed by atoms with Crippen LogP contribution in [0, 0.1) is 0 Å². The first-order chi connectivity index (χ1) is 16.3. The van der Waals surface area contributed by atoms with Gasteiger partial charge in [0.1, 0.15) is 18.1 Å². The molecule has 3 aromatic carbocycles. The maximum Gasteiger partial charge on any atom is 0.264 e. The van der Waals surface area contributed by atoms with E-state index in [0.29, 0.717) is 17.9 Å². The normalized spacial score (nSPS) is 16.1. The predicted octanol–water partition coefficient (Wildman–Crippen LogP) is 5.33. The molecule has 3 aromatic rings. The molecule has 5 rings (SSSR count). The lowest BCUT2D eigenvalue weighted by molar-refractivity contribution is 0.0937. The van der Waals surface area contributed by atoms with Crippen LogP contribution in [-0.4, -0.2) is 43.8 Å². The molecule has 2 aliphatic heterocycles. The number of amides is 1. The van der Waals surface area contributed by atoms with Gasteiger partial charge in [-0.05, 0) is 73.5 Å². The topological polar surface area (TPSA) is 42.0 Å². The summed E-state index contributed by atoms with van der Waals surface area (Å²) in [5.41, 5.74) is 3.49. The number of anilines is 1. The maximum atomic E-state index is 13.1. The van der Waals surface area contributed by atoms with Crippen LogP contribution in [0.3, 0.4) is 0 Å². The predicted molar refractivity (Wildman–Crippen MR) is 132 cm³/mol. The second-order valence-corrected chi connectivity index (χ2v) is 8.40. The number of benzene rings is 3. The van der Waals surface area contributed by atoms with Gasteiger partial charge in [-0.2, -0.15) is 0 Å². The highest BCUT2D eigenvalue weighted by Crippen LogP contribution is 2.30. The quantitative estimate of drug-likeness (QED) is 0.466. The molecule has 0 bridgehead atoms. The molecule has 33 heavy (non-hydrogen) atoms. The number of hydrogen-bond acceptors (Lipinski definition) is 4. The number of hydrogen-bond donors (Lipinski definition) is 0. The van der Waals surface area contributed by atoms with Crippen molar-refractivity contribution in [2.45, 2.75) is 12.8 Å². The van der Waals surface area contributed by atoms with Crippen LogP contribution in [0.2, 0.25) is 0 Å². The minimum atomic E-state index is -0.0578. The third-order valence-corrected chi connectivity index (χ3v) is 6.12. The van der Waals surface area contributed by atoms with Gasteiger partial charge < -0.3 is 9.47 Å². The molecule has 5 heteroatoms. The molecule has 1 amide bonds. The smallest absolute Gasteiger partial charge is 0.264 e. The van der Waals surface area contributed by atoms with Gasteiger partial charge >= 0.3 is 0 Å². The average molecular weight is 441 g/mol. The first-order valence-corrected chi connectivity index (χ1v) is 11.5. The van der Waals surface area contributed by atoms with Gasteiger partial charge in [0.05, 0.1) is 5.56 Å². The summed E-state index contributed by atoms with van der Waals surface area (Å²) in [5, 5.41) is 0. The molecule has 0 N–H and O–H groups in total. The molecule has 168 valence electrons. The van der Waals surface area contributed by atoms with Crippen molar-refractivity contribution >= 4 is 23.7 Å². The van der Waals surface area contributed by atoms with Crippen molar-refractivity contribution in [3.05, 3.63) is 89.5 Å². The lowest BCUT2D eigenvalue weighted by Gasteiger charge is -2.29. The fraction of sp³-hybridized carbons (Fsp3) is 0.250. The molecule has 0 aliphatic carbocycles. The van der Waals surface area contributed by atoms with Gasteiger partial charge in [-0.1, -0.05) is 48.6 Å². The number of likely N-dealkylation sites (tertiary alicyclic amines) is 1. The number of carbonyl (C=O) groups excluding carboxylic acids is 1. The third kappa shape index (κ3) is 5.10. The Morgan fingerprint density at radius 2 is 1.64 bits per heavy atom. The summed E-state index contributed by atoms with van der Waals surface area (Å²) >= 11 is 0. The Hall–Kier alpha value is -3.57. The molecule has 2 heterocycles. The van der Waals surface area contributed by atoms with Crippen LogP contribution < -0.4 is 14.4 Å². The molecule has 1 fully saturated rings. The Kier molecular flexibility index (Phi) is 6.40. The summed E-state index contributed by atoms with van der Waals surface area (Å²) < 4.78 is 11.8. The number of ether oxygens (including phenoxy) is 2. The van der Waals surface area contributed by atoms with Crippen molar-refractivity contribution in [3.8, 4) is 11.5 Å². The molecular formula is C28H28N2O3. The molecule has 0 spiro atoms. The Morgan fingerprint density at radius 1 is 0.879 bits per heavy atom. The highest BCUT2D eigenvalue weighted by atomic mass is 16.5. The van der Waals surface area contributed by atoms with Gasteiger partial charge in [0.25, 0.3) is 5.91 Å². The average Bonchev–Trinajstić information content (AvgIpc) is 3.38. The summed E-state index contributed by atoms with van der Waals surface area (Å²) in [4.78, 5) is 17.2. The zero-order chi connectivity index (χ0) is 22.5. The lowest BCUT2D eigenvalue weighted by Crippen LogP contribution is -2.38. The summed E-state index contributed by atoms with van der Waals surface area (Å²) in [6.07, 6.45) is 6.65. The molecule has 2 aliphatic rings. The largest absolute Gasteiger partial charge is 0.492 e. The Bertz CT molecular complexity index is 1120. The third-order valence-electron chi connectivity index (χ3n) is 6.12.